The molecule has 0 aliphatic rings. The predicted octanol–water partition coefficient (Wildman–Crippen LogP) is 2.74. The summed E-state index contributed by atoms with van der Waals surface area (Å²) in [4.78, 5) is 8.57. The van der Waals surface area contributed by atoms with Crippen LogP contribution in [0.2, 0.25) is 0 Å². The number of hydrogen-bond acceptors (Lipinski definition) is 4. The van der Waals surface area contributed by atoms with E-state index >= 15 is 0 Å². The quantitative estimate of drug-likeness (QED) is 0.776. The minimum Gasteiger partial charge on any atom is -0.466 e. The fraction of sp³-hybridized carbons (Fsp3) is 0.286. The van der Waals surface area contributed by atoms with E-state index in [1.807, 2.05) is 32.0 Å². The lowest BCUT2D eigenvalue weighted by molar-refractivity contribution is 0.0504. The standard InChI is InChI=1S/C14H16N2O2/c1-10-6-13(12-4-5-15-11(2)7-12)16-8-14(10)18-9-17-3/h4-8H,9H2,1-3H3. The highest BCUT2D eigenvalue weighted by Gasteiger charge is 2.05. The second kappa shape index (κ2) is 5.60. The van der Waals surface area contributed by atoms with Crippen LogP contribution in [0.1, 0.15) is 11.3 Å². The summed E-state index contributed by atoms with van der Waals surface area (Å²) in [6.07, 6.45) is 3.51. The minimum atomic E-state index is 0.232. The molecular weight excluding hydrogens is 228 g/mol. The Labute approximate surface area is 107 Å². The van der Waals surface area contributed by atoms with Gasteiger partial charge in [-0.25, -0.2) is 0 Å². The maximum Gasteiger partial charge on any atom is 0.188 e. The minimum absolute atomic E-state index is 0.232. The van der Waals surface area contributed by atoms with Gasteiger partial charge in [0.2, 0.25) is 0 Å². The van der Waals surface area contributed by atoms with Crippen LogP contribution in [0.5, 0.6) is 5.75 Å². The van der Waals surface area contributed by atoms with Crippen LogP contribution in [-0.2, 0) is 4.74 Å². The van der Waals surface area contributed by atoms with Crippen molar-refractivity contribution in [2.24, 2.45) is 0 Å². The summed E-state index contributed by atoms with van der Waals surface area (Å²) in [5.41, 5.74) is 3.99. The zero-order valence-corrected chi connectivity index (χ0v) is 10.8. The molecule has 0 saturated heterocycles. The van der Waals surface area contributed by atoms with Crippen LogP contribution in [-0.4, -0.2) is 23.9 Å². The Bertz CT molecular complexity index is 541. The first-order chi connectivity index (χ1) is 8.70. The van der Waals surface area contributed by atoms with E-state index in [1.54, 1.807) is 19.5 Å². The van der Waals surface area contributed by atoms with Crippen LogP contribution in [0.25, 0.3) is 11.3 Å². The van der Waals surface area contributed by atoms with Gasteiger partial charge in [0.25, 0.3) is 0 Å². The van der Waals surface area contributed by atoms with Crippen molar-refractivity contribution in [2.75, 3.05) is 13.9 Å². The molecule has 0 aliphatic heterocycles. The van der Waals surface area contributed by atoms with E-state index in [0.29, 0.717) is 0 Å². The molecule has 18 heavy (non-hydrogen) atoms. The molecule has 4 heteroatoms. The van der Waals surface area contributed by atoms with Gasteiger partial charge in [-0.1, -0.05) is 0 Å². The van der Waals surface area contributed by atoms with Crippen molar-refractivity contribution in [3.63, 3.8) is 0 Å². The molecule has 0 aromatic carbocycles. The first-order valence-electron chi connectivity index (χ1n) is 5.72. The monoisotopic (exact) mass is 244 g/mol. The number of aryl methyl sites for hydroxylation is 2. The Kier molecular flexibility index (Phi) is 3.89. The molecule has 0 fully saturated rings. The number of methoxy groups -OCH3 is 1. The first-order valence-corrected chi connectivity index (χ1v) is 5.72. The zero-order valence-electron chi connectivity index (χ0n) is 10.8. The molecule has 0 amide bonds. The third-order valence-corrected chi connectivity index (χ3v) is 2.59. The summed E-state index contributed by atoms with van der Waals surface area (Å²) < 4.78 is 10.3. The lowest BCUT2D eigenvalue weighted by Crippen LogP contribution is -2.01. The highest BCUT2D eigenvalue weighted by molar-refractivity contribution is 5.60. The molecule has 0 radical (unpaired) electrons. The fourth-order valence-corrected chi connectivity index (χ4v) is 1.68. The average Bonchev–Trinajstić information content (AvgIpc) is 2.37. The van der Waals surface area contributed by atoms with Crippen molar-refractivity contribution in [1.82, 2.24) is 9.97 Å². The van der Waals surface area contributed by atoms with E-state index in [9.17, 15) is 0 Å². The lowest BCUT2D eigenvalue weighted by atomic mass is 10.1. The van der Waals surface area contributed by atoms with Crippen LogP contribution in [0.15, 0.2) is 30.6 Å². The second-order valence-corrected chi connectivity index (χ2v) is 4.07. The molecule has 0 aliphatic carbocycles. The van der Waals surface area contributed by atoms with E-state index < -0.39 is 0 Å². The molecule has 0 bridgehead atoms. The smallest absolute Gasteiger partial charge is 0.188 e. The summed E-state index contributed by atoms with van der Waals surface area (Å²) in [6.45, 7) is 4.19. The maximum atomic E-state index is 5.40. The third-order valence-electron chi connectivity index (χ3n) is 2.59. The number of ether oxygens (including phenoxy) is 2. The normalized spacial score (nSPS) is 10.4. The van der Waals surface area contributed by atoms with Crippen LogP contribution in [0.3, 0.4) is 0 Å². The molecule has 2 aromatic rings. The molecule has 0 saturated carbocycles. The number of hydrogen-bond donors (Lipinski definition) is 0. The SMILES string of the molecule is COCOc1cnc(-c2ccnc(C)c2)cc1C. The zero-order chi connectivity index (χ0) is 13.0. The summed E-state index contributed by atoms with van der Waals surface area (Å²) >= 11 is 0. The van der Waals surface area contributed by atoms with Gasteiger partial charge in [0.15, 0.2) is 6.79 Å². The number of rotatable bonds is 4. The van der Waals surface area contributed by atoms with Gasteiger partial charge in [0.1, 0.15) is 5.75 Å². The molecule has 2 aromatic heterocycles. The Balaban J connectivity index is 2.28. The highest BCUT2D eigenvalue weighted by Crippen LogP contribution is 2.23. The van der Waals surface area contributed by atoms with Gasteiger partial charge in [-0.2, -0.15) is 0 Å². The fourth-order valence-electron chi connectivity index (χ4n) is 1.68. The van der Waals surface area contributed by atoms with Gasteiger partial charge in [0.05, 0.1) is 11.9 Å². The van der Waals surface area contributed by atoms with Crippen LogP contribution in [0.4, 0.5) is 0 Å². The van der Waals surface area contributed by atoms with Crippen molar-refractivity contribution in [2.45, 2.75) is 13.8 Å². The van der Waals surface area contributed by atoms with Gasteiger partial charge in [-0.05, 0) is 37.6 Å². The molecule has 4 nitrogen and oxygen atoms in total. The third kappa shape index (κ3) is 2.84. The summed E-state index contributed by atoms with van der Waals surface area (Å²) in [5.74, 6) is 0.742. The second-order valence-electron chi connectivity index (χ2n) is 4.07. The van der Waals surface area contributed by atoms with Gasteiger partial charge >= 0.3 is 0 Å². The van der Waals surface area contributed by atoms with Gasteiger partial charge in [-0.3, -0.25) is 9.97 Å². The molecule has 94 valence electrons. The van der Waals surface area contributed by atoms with Crippen molar-refractivity contribution < 1.29 is 9.47 Å². The number of pyridine rings is 2. The Morgan fingerprint density at radius 2 is 2.00 bits per heavy atom. The Hall–Kier alpha value is -1.94. The maximum absolute atomic E-state index is 5.40. The van der Waals surface area contributed by atoms with Gasteiger partial charge in [0, 0.05) is 24.6 Å². The molecule has 0 N–H and O–H groups in total. The van der Waals surface area contributed by atoms with E-state index in [-0.39, 0.29) is 6.79 Å². The van der Waals surface area contributed by atoms with Crippen LogP contribution in [0, 0.1) is 13.8 Å². The number of aromatic nitrogens is 2. The predicted molar refractivity (Wildman–Crippen MR) is 69.4 cm³/mol. The summed E-state index contributed by atoms with van der Waals surface area (Å²) in [5, 5.41) is 0. The highest BCUT2D eigenvalue weighted by atomic mass is 16.7. The number of nitrogens with zero attached hydrogens (tertiary/aromatic N) is 2. The Morgan fingerprint density at radius 3 is 2.67 bits per heavy atom. The molecular formula is C14H16N2O2. The van der Waals surface area contributed by atoms with Crippen molar-refractivity contribution >= 4 is 0 Å². The lowest BCUT2D eigenvalue weighted by Gasteiger charge is -2.09. The summed E-state index contributed by atoms with van der Waals surface area (Å²) in [7, 11) is 1.59. The summed E-state index contributed by atoms with van der Waals surface area (Å²) in [6, 6.07) is 5.96. The van der Waals surface area contributed by atoms with Gasteiger partial charge in [-0.15, -0.1) is 0 Å². The van der Waals surface area contributed by atoms with Crippen molar-refractivity contribution in [3.05, 3.63) is 41.9 Å². The van der Waals surface area contributed by atoms with E-state index in [4.69, 9.17) is 9.47 Å². The van der Waals surface area contributed by atoms with Crippen LogP contribution < -0.4 is 4.74 Å². The first kappa shape index (κ1) is 12.5. The van der Waals surface area contributed by atoms with E-state index in [2.05, 4.69) is 9.97 Å². The van der Waals surface area contributed by atoms with Crippen LogP contribution >= 0.6 is 0 Å². The van der Waals surface area contributed by atoms with Crippen molar-refractivity contribution in [3.8, 4) is 17.0 Å². The molecule has 0 unspecified atom stereocenters. The topological polar surface area (TPSA) is 44.2 Å². The average molecular weight is 244 g/mol. The van der Waals surface area contributed by atoms with E-state index in [1.165, 1.54) is 0 Å². The van der Waals surface area contributed by atoms with Gasteiger partial charge < -0.3 is 9.47 Å². The molecule has 2 rings (SSSR count). The molecule has 0 spiro atoms. The Morgan fingerprint density at radius 1 is 1.17 bits per heavy atom. The molecule has 2 heterocycles. The van der Waals surface area contributed by atoms with E-state index in [0.717, 1.165) is 28.3 Å². The molecule has 0 atom stereocenters. The van der Waals surface area contributed by atoms with Crippen molar-refractivity contribution in [1.29, 1.82) is 0 Å². The largest absolute Gasteiger partial charge is 0.466 e.